The van der Waals surface area contributed by atoms with E-state index in [0.717, 1.165) is 36.0 Å². The Hall–Kier alpha value is -4.35. The zero-order valence-electron chi connectivity index (χ0n) is 21.5. The molecule has 11 heteroatoms. The molecule has 0 atom stereocenters. The van der Waals surface area contributed by atoms with Crippen LogP contribution in [0.4, 0.5) is 34.8 Å². The fourth-order valence-electron chi connectivity index (χ4n) is 4.12. The maximum absolute atomic E-state index is 12.3. The number of fused-ring (bicyclic) bond motifs is 1. The fraction of sp³-hybridized carbons (Fsp3) is 0.296. The molecule has 2 aliphatic heterocycles. The third kappa shape index (κ3) is 6.31. The second-order valence-electron chi connectivity index (χ2n) is 9.17. The van der Waals surface area contributed by atoms with Crippen LogP contribution in [0.2, 0.25) is 0 Å². The summed E-state index contributed by atoms with van der Waals surface area (Å²) in [6.45, 7) is 4.38. The molecule has 0 aliphatic carbocycles. The zero-order valence-corrected chi connectivity index (χ0v) is 21.5. The Morgan fingerprint density at radius 2 is 1.95 bits per heavy atom. The smallest absolute Gasteiger partial charge is 0.248 e. The van der Waals surface area contributed by atoms with Crippen molar-refractivity contribution in [3.05, 3.63) is 66.6 Å². The van der Waals surface area contributed by atoms with Crippen molar-refractivity contribution in [3.8, 4) is 0 Å². The SMILES string of the molecule is CN(C)CC=CC(=O)Nc1ccnc(N2CC=Cc3cnc(Nc4ccc(N5CCOCC5)nc4)nc32)c1. The van der Waals surface area contributed by atoms with Crippen molar-refractivity contribution in [2.45, 2.75) is 0 Å². The van der Waals surface area contributed by atoms with Crippen molar-refractivity contribution in [2.75, 3.05) is 73.9 Å². The summed E-state index contributed by atoms with van der Waals surface area (Å²) in [6, 6.07) is 7.56. The monoisotopic (exact) mass is 513 g/mol. The lowest BCUT2D eigenvalue weighted by Gasteiger charge is -2.27. The molecule has 0 spiro atoms. The molecular weight excluding hydrogens is 482 g/mol. The van der Waals surface area contributed by atoms with Gasteiger partial charge in [0.1, 0.15) is 17.5 Å². The third-order valence-electron chi connectivity index (χ3n) is 6.01. The Balaban J connectivity index is 1.30. The first kappa shape index (κ1) is 25.3. The van der Waals surface area contributed by atoms with Crippen molar-refractivity contribution in [3.63, 3.8) is 0 Å². The molecule has 11 nitrogen and oxygen atoms in total. The van der Waals surface area contributed by atoms with Gasteiger partial charge in [0.05, 0.1) is 25.1 Å². The van der Waals surface area contributed by atoms with E-state index in [4.69, 9.17) is 9.72 Å². The highest BCUT2D eigenvalue weighted by atomic mass is 16.5. The van der Waals surface area contributed by atoms with Crippen LogP contribution in [0.1, 0.15) is 5.56 Å². The summed E-state index contributed by atoms with van der Waals surface area (Å²) in [5.41, 5.74) is 2.33. The molecule has 2 aliphatic rings. The Labute approximate surface area is 221 Å². The van der Waals surface area contributed by atoms with Gasteiger partial charge in [-0.15, -0.1) is 0 Å². The standard InChI is InChI=1S/C27H31N9O2/c1-34(2)11-4-6-25(37)31-21-9-10-28-24(17-21)36-12-3-5-20-18-30-27(33-26(20)36)32-22-7-8-23(29-19-22)35-13-15-38-16-14-35/h3-10,17-19H,11-16H2,1-2H3,(H,28,31,37)(H,30,32,33). The normalized spacial score (nSPS) is 15.1. The van der Waals surface area contributed by atoms with Crippen molar-refractivity contribution in [1.29, 1.82) is 0 Å². The first-order valence-corrected chi connectivity index (χ1v) is 12.5. The Bertz CT molecular complexity index is 1320. The molecule has 1 fully saturated rings. The molecule has 5 heterocycles. The van der Waals surface area contributed by atoms with Gasteiger partial charge in [0.25, 0.3) is 0 Å². The number of aromatic nitrogens is 4. The molecule has 2 N–H and O–H groups in total. The molecule has 5 rings (SSSR count). The van der Waals surface area contributed by atoms with Crippen LogP contribution in [0.25, 0.3) is 6.08 Å². The van der Waals surface area contributed by atoms with E-state index in [1.165, 1.54) is 6.08 Å². The number of hydrogen-bond acceptors (Lipinski definition) is 10. The first-order valence-electron chi connectivity index (χ1n) is 12.5. The third-order valence-corrected chi connectivity index (χ3v) is 6.01. The highest BCUT2D eigenvalue weighted by molar-refractivity contribution is 5.99. The number of likely N-dealkylation sites (N-methyl/N-ethyl adjacent to an activating group) is 1. The van der Waals surface area contributed by atoms with E-state index in [1.54, 1.807) is 24.7 Å². The molecule has 3 aromatic heterocycles. The minimum Gasteiger partial charge on any atom is -0.378 e. The van der Waals surface area contributed by atoms with Crippen molar-refractivity contribution >= 4 is 46.8 Å². The highest BCUT2D eigenvalue weighted by Gasteiger charge is 2.20. The predicted molar refractivity (Wildman–Crippen MR) is 149 cm³/mol. The number of carbonyl (C=O) groups is 1. The van der Waals surface area contributed by atoms with Gasteiger partial charge in [0.15, 0.2) is 0 Å². The average Bonchev–Trinajstić information content (AvgIpc) is 2.93. The number of carbonyl (C=O) groups excluding carboxylic acids is 1. The van der Waals surface area contributed by atoms with Gasteiger partial charge in [0.2, 0.25) is 11.9 Å². The summed E-state index contributed by atoms with van der Waals surface area (Å²) < 4.78 is 5.42. The van der Waals surface area contributed by atoms with Crippen LogP contribution >= 0.6 is 0 Å². The van der Waals surface area contributed by atoms with E-state index in [1.807, 2.05) is 60.3 Å². The molecule has 0 aromatic carbocycles. The number of ether oxygens (including phenoxy) is 1. The fourth-order valence-corrected chi connectivity index (χ4v) is 4.12. The minimum atomic E-state index is -0.190. The van der Waals surface area contributed by atoms with E-state index in [-0.39, 0.29) is 5.91 Å². The molecule has 196 valence electrons. The molecule has 38 heavy (non-hydrogen) atoms. The average molecular weight is 514 g/mol. The number of amides is 1. The second-order valence-corrected chi connectivity index (χ2v) is 9.17. The van der Waals surface area contributed by atoms with E-state index >= 15 is 0 Å². The molecule has 0 radical (unpaired) electrons. The van der Waals surface area contributed by atoms with E-state index in [2.05, 4.69) is 30.5 Å². The molecule has 0 bridgehead atoms. The Morgan fingerprint density at radius 3 is 2.74 bits per heavy atom. The minimum absolute atomic E-state index is 0.190. The van der Waals surface area contributed by atoms with E-state index in [0.29, 0.717) is 43.8 Å². The van der Waals surface area contributed by atoms with E-state index in [9.17, 15) is 4.79 Å². The summed E-state index contributed by atoms with van der Waals surface area (Å²) in [7, 11) is 3.90. The van der Waals surface area contributed by atoms with Crippen LogP contribution in [-0.4, -0.2) is 84.2 Å². The Kier molecular flexibility index (Phi) is 7.86. The quantitative estimate of drug-likeness (QED) is 0.436. The molecule has 0 saturated carbocycles. The van der Waals surface area contributed by atoms with Crippen LogP contribution in [0.5, 0.6) is 0 Å². The first-order chi connectivity index (χ1) is 18.5. The van der Waals surface area contributed by atoms with Gasteiger partial charge in [-0.2, -0.15) is 4.98 Å². The molecular formula is C27H31N9O2. The van der Waals surface area contributed by atoms with Gasteiger partial charge < -0.3 is 30.1 Å². The van der Waals surface area contributed by atoms with E-state index < -0.39 is 0 Å². The van der Waals surface area contributed by atoms with Crippen molar-refractivity contribution < 1.29 is 9.53 Å². The largest absolute Gasteiger partial charge is 0.378 e. The molecule has 0 unspecified atom stereocenters. The summed E-state index contributed by atoms with van der Waals surface area (Å²) in [6.07, 6.45) is 12.6. The van der Waals surface area contributed by atoms with Crippen LogP contribution in [0.15, 0.2) is 61.1 Å². The summed E-state index contributed by atoms with van der Waals surface area (Å²) in [4.78, 5) is 36.9. The lowest BCUT2D eigenvalue weighted by Crippen LogP contribution is -2.36. The van der Waals surface area contributed by atoms with Crippen LogP contribution in [-0.2, 0) is 9.53 Å². The molecule has 3 aromatic rings. The van der Waals surface area contributed by atoms with Crippen LogP contribution in [0, 0.1) is 0 Å². The maximum Gasteiger partial charge on any atom is 0.248 e. The summed E-state index contributed by atoms with van der Waals surface area (Å²) in [5, 5.41) is 6.15. The number of nitrogens with zero attached hydrogens (tertiary/aromatic N) is 7. The lowest BCUT2D eigenvalue weighted by molar-refractivity contribution is -0.111. The maximum atomic E-state index is 12.3. The topological polar surface area (TPSA) is 112 Å². The number of nitrogens with one attached hydrogen (secondary N) is 2. The number of anilines is 6. The van der Waals surface area contributed by atoms with Gasteiger partial charge in [-0.25, -0.2) is 15.0 Å². The summed E-state index contributed by atoms with van der Waals surface area (Å²) in [5.74, 6) is 2.59. The summed E-state index contributed by atoms with van der Waals surface area (Å²) >= 11 is 0. The van der Waals surface area contributed by atoms with Crippen molar-refractivity contribution in [2.24, 2.45) is 0 Å². The van der Waals surface area contributed by atoms with Crippen LogP contribution < -0.4 is 20.4 Å². The van der Waals surface area contributed by atoms with Gasteiger partial charge in [-0.05, 0) is 32.3 Å². The molecule has 1 amide bonds. The van der Waals surface area contributed by atoms with Crippen LogP contribution in [0.3, 0.4) is 0 Å². The van der Waals surface area contributed by atoms with Gasteiger partial charge >= 0.3 is 0 Å². The lowest BCUT2D eigenvalue weighted by atomic mass is 10.2. The number of morpholine rings is 1. The number of pyridine rings is 2. The zero-order chi connectivity index (χ0) is 26.3. The van der Waals surface area contributed by atoms with Gasteiger partial charge in [-0.1, -0.05) is 18.2 Å². The van der Waals surface area contributed by atoms with Crippen molar-refractivity contribution in [1.82, 2.24) is 24.8 Å². The predicted octanol–water partition coefficient (Wildman–Crippen LogP) is 3.07. The second kappa shape index (κ2) is 11.8. The van der Waals surface area contributed by atoms with Gasteiger partial charge in [0, 0.05) is 62.0 Å². The number of hydrogen-bond donors (Lipinski definition) is 2. The molecule has 1 saturated heterocycles. The highest BCUT2D eigenvalue weighted by Crippen LogP contribution is 2.31. The van der Waals surface area contributed by atoms with Gasteiger partial charge in [-0.3, -0.25) is 4.79 Å². The number of rotatable bonds is 8. The Morgan fingerprint density at radius 1 is 1.08 bits per heavy atom.